The van der Waals surface area contributed by atoms with Crippen LogP contribution in [0.2, 0.25) is 0 Å². The topological polar surface area (TPSA) is 88.3 Å². The normalized spacial score (nSPS) is 14.2. The zero-order chi connectivity index (χ0) is 22.6. The van der Waals surface area contributed by atoms with Gasteiger partial charge in [0.25, 0.3) is 0 Å². The van der Waals surface area contributed by atoms with Crippen LogP contribution >= 0.6 is 11.3 Å². The Morgan fingerprint density at radius 1 is 1.26 bits per heavy atom. The van der Waals surface area contributed by atoms with Crippen LogP contribution in [0.25, 0.3) is 10.4 Å². The van der Waals surface area contributed by atoms with E-state index in [-0.39, 0.29) is 17.9 Å². The fourth-order valence-electron chi connectivity index (χ4n) is 3.12. The van der Waals surface area contributed by atoms with Crippen molar-refractivity contribution in [2.75, 3.05) is 6.54 Å². The Hall–Kier alpha value is -3.25. The molecule has 0 saturated carbocycles. The molecule has 0 bridgehead atoms. The van der Waals surface area contributed by atoms with Crippen molar-refractivity contribution in [2.24, 2.45) is 11.1 Å². The molecule has 0 spiro atoms. The number of aryl methyl sites for hydroxylation is 1. The van der Waals surface area contributed by atoms with Crippen molar-refractivity contribution in [3.05, 3.63) is 48.0 Å². The van der Waals surface area contributed by atoms with Crippen molar-refractivity contribution < 1.29 is 9.59 Å². The summed E-state index contributed by atoms with van der Waals surface area (Å²) in [6.07, 6.45) is 0. The Morgan fingerprint density at radius 2 is 1.84 bits per heavy atom. The number of nitrogens with zero attached hydrogens (tertiary/aromatic N) is 2. The van der Waals surface area contributed by atoms with E-state index in [1.54, 1.807) is 11.3 Å². The SMILES string of the molecule is [CH2-][C@@H](C(=O)N[C@@H](C)c1ccc(-c2scnc2C)cc1)N(CC)C(=O)[C@@H](N)C(C)(C)C.[Lr]. The second-order valence-electron chi connectivity index (χ2n) is 8.60. The third kappa shape index (κ3) is 5.89. The Balaban J connectivity index is 0.00000480. The van der Waals surface area contributed by atoms with Gasteiger partial charge in [-0.15, -0.1) is 11.3 Å². The maximum atomic E-state index is 12.8. The third-order valence-electron chi connectivity index (χ3n) is 5.28. The molecule has 8 heteroatoms. The summed E-state index contributed by atoms with van der Waals surface area (Å²) in [5.74, 6) is -0.571. The van der Waals surface area contributed by atoms with Crippen LogP contribution in [0.3, 0.4) is 0 Å². The number of aromatic nitrogens is 1. The van der Waals surface area contributed by atoms with Gasteiger partial charge in [-0.25, -0.2) is 4.98 Å². The minimum atomic E-state index is -0.850. The average molecular weight is 692 g/mol. The first-order valence-corrected chi connectivity index (χ1v) is 11.0. The molecule has 1 aromatic carbocycles. The predicted molar refractivity (Wildman–Crippen MR) is 123 cm³/mol. The monoisotopic (exact) mass is 691 g/mol. The van der Waals surface area contributed by atoms with Crippen molar-refractivity contribution in [2.45, 2.75) is 59.7 Å². The first-order valence-electron chi connectivity index (χ1n) is 10.2. The Morgan fingerprint density at radius 3 is 2.29 bits per heavy atom. The van der Waals surface area contributed by atoms with Crippen molar-refractivity contribution in [3.8, 4) is 10.4 Å². The Labute approximate surface area is 183 Å². The van der Waals surface area contributed by atoms with Gasteiger partial charge in [-0.2, -0.15) is 0 Å². The summed E-state index contributed by atoms with van der Waals surface area (Å²) in [5.41, 5.74) is 10.6. The first-order chi connectivity index (χ1) is 14.0. The molecule has 2 rings (SSSR count). The molecule has 1 heterocycles. The summed E-state index contributed by atoms with van der Waals surface area (Å²) in [6.45, 7) is 15.7. The molecular formula is C23H33LrN4O2S-. The molecule has 0 saturated heterocycles. The number of likely N-dealkylation sites (N-methyl/N-ethyl adjacent to an activating group) is 1. The zero-order valence-corrected chi connectivity index (χ0v) is 22.0. The molecule has 3 atom stereocenters. The smallest absolute Gasteiger partial charge is 0.238 e. The van der Waals surface area contributed by atoms with Crippen LogP contribution in [0.1, 0.15) is 51.9 Å². The molecule has 0 aliphatic rings. The number of nitrogens with one attached hydrogen (secondary N) is 1. The first kappa shape index (κ1) is 25.8. The molecule has 2 amide bonds. The van der Waals surface area contributed by atoms with Crippen molar-refractivity contribution in [1.82, 2.24) is 15.2 Å². The van der Waals surface area contributed by atoms with Gasteiger partial charge >= 0.3 is 0 Å². The van der Waals surface area contributed by atoms with Gasteiger partial charge in [0.2, 0.25) is 11.8 Å². The van der Waals surface area contributed by atoms with E-state index in [1.165, 1.54) is 4.90 Å². The van der Waals surface area contributed by atoms with Crippen LogP contribution in [0.15, 0.2) is 29.8 Å². The predicted octanol–water partition coefficient (Wildman–Crippen LogP) is 3.72. The summed E-state index contributed by atoms with van der Waals surface area (Å²) in [4.78, 5) is 32.4. The number of rotatable bonds is 7. The summed E-state index contributed by atoms with van der Waals surface area (Å²) in [6, 6.07) is 6.29. The number of carbonyl (C=O) groups excluding carboxylic acids is 2. The summed E-state index contributed by atoms with van der Waals surface area (Å²) in [7, 11) is 0. The van der Waals surface area contributed by atoms with Gasteiger partial charge in [0.1, 0.15) is 0 Å². The summed E-state index contributed by atoms with van der Waals surface area (Å²) in [5, 5.41) is 2.96. The van der Waals surface area contributed by atoms with Gasteiger partial charge in [-0.3, -0.25) is 9.59 Å². The van der Waals surface area contributed by atoms with Crippen LogP contribution in [0.4, 0.5) is 0 Å². The van der Waals surface area contributed by atoms with E-state index in [0.29, 0.717) is 6.54 Å². The fraction of sp³-hybridized carbons (Fsp3) is 0.478. The third-order valence-corrected chi connectivity index (χ3v) is 6.26. The van der Waals surface area contributed by atoms with E-state index >= 15 is 0 Å². The molecule has 6 nitrogen and oxygen atoms in total. The van der Waals surface area contributed by atoms with E-state index in [9.17, 15) is 9.59 Å². The van der Waals surface area contributed by atoms with Crippen molar-refractivity contribution in [1.29, 1.82) is 0 Å². The van der Waals surface area contributed by atoms with Crippen LogP contribution in [-0.2, 0) is 9.59 Å². The van der Waals surface area contributed by atoms with Crippen LogP contribution in [0.5, 0.6) is 0 Å². The number of benzene rings is 1. The molecule has 1 aromatic heterocycles. The molecule has 3 N–H and O–H groups in total. The molecule has 0 aliphatic heterocycles. The molecule has 31 heavy (non-hydrogen) atoms. The average Bonchev–Trinajstić information content (AvgIpc) is 3.12. The molecule has 0 fully saturated rings. The second-order valence-corrected chi connectivity index (χ2v) is 9.46. The van der Waals surface area contributed by atoms with E-state index in [1.807, 2.05) is 71.3 Å². The van der Waals surface area contributed by atoms with Gasteiger partial charge < -0.3 is 22.9 Å². The van der Waals surface area contributed by atoms with Crippen LogP contribution < -0.4 is 11.1 Å². The molecule has 0 aliphatic carbocycles. The van der Waals surface area contributed by atoms with Crippen molar-refractivity contribution in [3.63, 3.8) is 0 Å². The quantitative estimate of drug-likeness (QED) is 0.434. The number of carbonyl (C=O) groups is 2. The van der Waals surface area contributed by atoms with Gasteiger partial charge in [0.05, 0.1) is 28.2 Å². The largest absolute Gasteiger partial charge is 0.360 e. The molecule has 1 radical (unpaired) electrons. The van der Waals surface area contributed by atoms with E-state index in [2.05, 4.69) is 17.2 Å². The molecule has 0 unspecified atom stereocenters. The minimum absolute atomic E-state index is 0. The molecule has 2 aromatic rings. The number of nitrogens with two attached hydrogens (primary N) is 1. The van der Waals surface area contributed by atoms with Gasteiger partial charge in [-0.05, 0) is 43.4 Å². The second kappa shape index (κ2) is 10.2. The maximum Gasteiger partial charge on any atom is 0.238 e. The Kier molecular flexibility index (Phi) is 8.46. The maximum absolute atomic E-state index is 12.8. The summed E-state index contributed by atoms with van der Waals surface area (Å²) >= 11 is 1.61. The minimum Gasteiger partial charge on any atom is -0.360 e. The number of hydrogen-bond acceptors (Lipinski definition) is 5. The van der Waals surface area contributed by atoms with E-state index < -0.39 is 17.5 Å². The Bertz CT molecular complexity index is 876. The zero-order valence-electron chi connectivity index (χ0n) is 19.0. The van der Waals surface area contributed by atoms with Crippen LogP contribution in [0, 0.1) is 19.3 Å². The molecular weight excluding hydrogens is 658 g/mol. The van der Waals surface area contributed by atoms with E-state index in [4.69, 9.17) is 5.73 Å². The number of amides is 2. The standard InChI is InChI=1S/C23H33N4O2S.Lr/c1-8-27(22(29)20(24)23(5,6)7)16(4)21(28)26-14(2)17-9-11-18(12-10-17)19-15(3)25-13-30-19;/h9-14,16,20H,4,8,24H2,1-3,5-7H3,(H,26,28);/q-1;/t14-,16-,20+;/m0./s1. The van der Waals surface area contributed by atoms with Gasteiger partial charge in [0, 0.05) is 6.54 Å². The fourth-order valence-corrected chi connectivity index (χ4v) is 3.93. The van der Waals surface area contributed by atoms with Gasteiger partial charge in [0.15, 0.2) is 0 Å². The number of thiazole rings is 1. The van der Waals surface area contributed by atoms with Gasteiger partial charge in [-0.1, -0.05) is 45.0 Å². The molecule has 179 valence electrons. The number of hydrogen-bond donors (Lipinski definition) is 2. The summed E-state index contributed by atoms with van der Waals surface area (Å²) < 4.78 is 0. The van der Waals surface area contributed by atoms with E-state index in [0.717, 1.165) is 21.7 Å². The van der Waals surface area contributed by atoms with Crippen LogP contribution in [-0.4, -0.2) is 40.3 Å². The van der Waals surface area contributed by atoms with Crippen molar-refractivity contribution >= 4 is 23.2 Å².